The first-order valence-electron chi connectivity index (χ1n) is 7.43. The molecular weight excluding hydrogens is 374 g/mol. The summed E-state index contributed by atoms with van der Waals surface area (Å²) in [7, 11) is -5.87. The summed E-state index contributed by atoms with van der Waals surface area (Å²) in [5.74, 6) is -1.73. The summed E-state index contributed by atoms with van der Waals surface area (Å²) in [6.45, 7) is -0.569. The van der Waals surface area contributed by atoms with E-state index in [1.165, 1.54) is 0 Å². The number of halogens is 2. The molecule has 2 rings (SSSR count). The van der Waals surface area contributed by atoms with Gasteiger partial charge >= 0.3 is 21.3 Å². The summed E-state index contributed by atoms with van der Waals surface area (Å²) in [5.41, 5.74) is 0. The van der Waals surface area contributed by atoms with Gasteiger partial charge in [0.15, 0.2) is 0 Å². The monoisotopic (exact) mass is 390 g/mol. The molecule has 0 aliphatic heterocycles. The molecule has 1 N–H and O–H groups in total. The maximum atomic E-state index is 12.9. The number of esters is 1. The molecule has 0 aliphatic carbocycles. The van der Waals surface area contributed by atoms with Crippen LogP contribution in [-0.2, 0) is 24.4 Å². The van der Waals surface area contributed by atoms with Gasteiger partial charge in [-0.05, 0) is 22.9 Å². The highest BCUT2D eigenvalue weighted by Gasteiger charge is 2.54. The Hall–Kier alpha value is -2.30. The predicted molar refractivity (Wildman–Crippen MR) is 87.7 cm³/mol. The molecule has 0 aromatic heterocycles. The van der Waals surface area contributed by atoms with Crippen LogP contribution in [0, 0.1) is 0 Å². The zero-order valence-electron chi connectivity index (χ0n) is 13.4. The number of rotatable bonds is 9. The molecule has 10 heteroatoms. The van der Waals surface area contributed by atoms with Crippen LogP contribution in [0.15, 0.2) is 42.5 Å². The van der Waals surface area contributed by atoms with Gasteiger partial charge in [-0.25, -0.2) is 4.79 Å². The topological polar surface area (TPSA) is 99.1 Å². The van der Waals surface area contributed by atoms with E-state index in [0.29, 0.717) is 5.75 Å². The first-order valence-corrected chi connectivity index (χ1v) is 8.87. The molecule has 0 heterocycles. The van der Waals surface area contributed by atoms with E-state index in [1.807, 2.05) is 36.4 Å². The van der Waals surface area contributed by atoms with Gasteiger partial charge in [-0.3, -0.25) is 4.55 Å². The van der Waals surface area contributed by atoms with E-state index in [-0.39, 0.29) is 19.8 Å². The molecule has 0 spiro atoms. The van der Waals surface area contributed by atoms with E-state index in [2.05, 4.69) is 4.74 Å². The van der Waals surface area contributed by atoms with Crippen molar-refractivity contribution >= 4 is 26.9 Å². The second kappa shape index (κ2) is 8.39. The van der Waals surface area contributed by atoms with Crippen molar-refractivity contribution in [2.45, 2.75) is 5.25 Å². The summed E-state index contributed by atoms with van der Waals surface area (Å²) < 4.78 is 69.2. The van der Waals surface area contributed by atoms with E-state index in [0.717, 1.165) is 10.8 Å². The average molecular weight is 390 g/mol. The highest BCUT2D eigenvalue weighted by Crippen LogP contribution is 2.22. The summed E-state index contributed by atoms with van der Waals surface area (Å²) >= 11 is 0. The maximum Gasteiger partial charge on any atom is 0.465 e. The number of ether oxygens (including phenoxy) is 3. The Kier molecular flexibility index (Phi) is 6.46. The van der Waals surface area contributed by atoms with Crippen LogP contribution in [0.25, 0.3) is 10.8 Å². The molecule has 0 atom stereocenters. The van der Waals surface area contributed by atoms with Crippen LogP contribution in [-0.4, -0.2) is 50.6 Å². The molecule has 142 valence electrons. The lowest BCUT2D eigenvalue weighted by atomic mass is 10.1. The number of fused-ring (bicyclic) bond motifs is 1. The van der Waals surface area contributed by atoms with Gasteiger partial charge in [-0.1, -0.05) is 30.3 Å². The molecule has 0 fully saturated rings. The van der Waals surface area contributed by atoms with Gasteiger partial charge in [-0.15, -0.1) is 0 Å². The second-order valence-electron chi connectivity index (χ2n) is 5.10. The smallest absolute Gasteiger partial charge is 0.465 e. The fourth-order valence-corrected chi connectivity index (χ4v) is 2.23. The highest BCUT2D eigenvalue weighted by molar-refractivity contribution is 7.87. The summed E-state index contributed by atoms with van der Waals surface area (Å²) in [6, 6.07) is 13.3. The summed E-state index contributed by atoms with van der Waals surface area (Å²) in [5, 5.41) is -2.93. The molecule has 0 unspecified atom stereocenters. The quantitative estimate of drug-likeness (QED) is 0.398. The molecule has 7 nitrogen and oxygen atoms in total. The number of hydrogen-bond donors (Lipinski definition) is 1. The Labute approximate surface area is 148 Å². The zero-order chi connectivity index (χ0) is 19.2. The third kappa shape index (κ3) is 5.10. The average Bonchev–Trinajstić information content (AvgIpc) is 2.59. The second-order valence-corrected chi connectivity index (χ2v) is 6.56. The van der Waals surface area contributed by atoms with Gasteiger partial charge in [0.1, 0.15) is 19.0 Å². The largest absolute Gasteiger partial charge is 0.491 e. The Morgan fingerprint density at radius 3 is 2.35 bits per heavy atom. The van der Waals surface area contributed by atoms with Gasteiger partial charge in [-0.2, -0.15) is 17.2 Å². The number of hydrogen-bond acceptors (Lipinski definition) is 6. The van der Waals surface area contributed by atoms with Crippen molar-refractivity contribution in [3.8, 4) is 5.75 Å². The van der Waals surface area contributed by atoms with Crippen molar-refractivity contribution in [1.82, 2.24) is 0 Å². The lowest BCUT2D eigenvalue weighted by Gasteiger charge is -2.12. The summed E-state index contributed by atoms with van der Waals surface area (Å²) in [6.07, 6.45) is 0. The Bertz CT molecular complexity index is 868. The lowest BCUT2D eigenvalue weighted by molar-refractivity contribution is -0.163. The SMILES string of the molecule is O=C(OCCOCCOc1ccc2ccccc2c1)C(F)(F)S(=O)(=O)O. The fourth-order valence-electron chi connectivity index (χ4n) is 1.96. The van der Waals surface area contributed by atoms with Crippen molar-refractivity contribution in [2.75, 3.05) is 26.4 Å². The molecule has 0 saturated heterocycles. The Morgan fingerprint density at radius 1 is 1.00 bits per heavy atom. The highest BCUT2D eigenvalue weighted by atomic mass is 32.2. The van der Waals surface area contributed by atoms with E-state index in [9.17, 15) is 22.0 Å². The van der Waals surface area contributed by atoms with Crippen LogP contribution in [0.4, 0.5) is 8.78 Å². The van der Waals surface area contributed by atoms with E-state index >= 15 is 0 Å². The molecule has 0 bridgehead atoms. The molecule has 2 aromatic carbocycles. The standard InChI is InChI=1S/C16H16F2O7S/c17-16(18,26(20,21)22)15(19)25-10-8-23-7-9-24-14-6-5-12-3-1-2-4-13(12)11-14/h1-6,11H,7-10H2,(H,20,21,22). The minimum atomic E-state index is -5.87. The van der Waals surface area contributed by atoms with Gasteiger partial charge in [0, 0.05) is 0 Å². The van der Waals surface area contributed by atoms with Gasteiger partial charge < -0.3 is 14.2 Å². The van der Waals surface area contributed by atoms with Gasteiger partial charge in [0.05, 0.1) is 13.2 Å². The summed E-state index contributed by atoms with van der Waals surface area (Å²) in [4.78, 5) is 10.9. The van der Waals surface area contributed by atoms with Crippen LogP contribution in [0.5, 0.6) is 5.75 Å². The molecular formula is C16H16F2O7S. The van der Waals surface area contributed by atoms with E-state index in [1.54, 1.807) is 6.07 Å². The molecule has 0 amide bonds. The number of alkyl halides is 2. The van der Waals surface area contributed by atoms with Crippen molar-refractivity contribution in [2.24, 2.45) is 0 Å². The van der Waals surface area contributed by atoms with E-state index < -0.39 is 27.9 Å². The zero-order valence-corrected chi connectivity index (χ0v) is 14.2. The predicted octanol–water partition coefficient (Wildman–Crippen LogP) is 2.26. The molecule has 0 saturated carbocycles. The molecule has 0 aliphatic rings. The van der Waals surface area contributed by atoms with Crippen molar-refractivity contribution < 1.29 is 40.8 Å². The van der Waals surface area contributed by atoms with Crippen molar-refractivity contribution in [3.05, 3.63) is 42.5 Å². The number of carbonyl (C=O) groups excluding carboxylic acids is 1. The van der Waals surface area contributed by atoms with Crippen molar-refractivity contribution in [1.29, 1.82) is 0 Å². The van der Waals surface area contributed by atoms with Crippen LogP contribution in [0.1, 0.15) is 0 Å². The number of benzene rings is 2. The number of carbonyl (C=O) groups is 1. The third-order valence-electron chi connectivity index (χ3n) is 3.24. The Balaban J connectivity index is 1.65. The molecule has 26 heavy (non-hydrogen) atoms. The van der Waals surface area contributed by atoms with Gasteiger partial charge in [0.2, 0.25) is 0 Å². The van der Waals surface area contributed by atoms with Crippen molar-refractivity contribution in [3.63, 3.8) is 0 Å². The maximum absolute atomic E-state index is 12.9. The third-order valence-corrected chi connectivity index (χ3v) is 4.05. The fraction of sp³-hybridized carbons (Fsp3) is 0.312. The lowest BCUT2D eigenvalue weighted by Crippen LogP contribution is -2.39. The molecule has 2 aromatic rings. The first-order chi connectivity index (χ1) is 12.2. The minimum Gasteiger partial charge on any atom is -0.491 e. The first kappa shape index (κ1) is 20.0. The molecule has 0 radical (unpaired) electrons. The van der Waals surface area contributed by atoms with Crippen LogP contribution >= 0.6 is 0 Å². The van der Waals surface area contributed by atoms with Crippen LogP contribution in [0.3, 0.4) is 0 Å². The van der Waals surface area contributed by atoms with Crippen LogP contribution in [0.2, 0.25) is 0 Å². The van der Waals surface area contributed by atoms with Gasteiger partial charge in [0.25, 0.3) is 0 Å². The van der Waals surface area contributed by atoms with E-state index in [4.69, 9.17) is 14.0 Å². The Morgan fingerprint density at radius 2 is 1.65 bits per heavy atom. The van der Waals surface area contributed by atoms with Crippen LogP contribution < -0.4 is 4.74 Å². The normalized spacial score (nSPS) is 12.1. The minimum absolute atomic E-state index is 0.0963.